The van der Waals surface area contributed by atoms with Crippen molar-refractivity contribution in [3.8, 4) is 0 Å². The molecule has 1 N–H and O–H groups in total. The molecule has 1 aromatic carbocycles. The molecule has 0 bridgehead atoms. The molecule has 5 heteroatoms. The lowest BCUT2D eigenvalue weighted by atomic mass is 9.98. The minimum absolute atomic E-state index is 0.223. The Morgan fingerprint density at radius 1 is 1.58 bits per heavy atom. The molecule has 0 saturated carbocycles. The third-order valence-corrected chi connectivity index (χ3v) is 4.28. The molecule has 0 aliphatic carbocycles. The number of nitrogens with one attached hydrogen (secondary N) is 1. The highest BCUT2D eigenvalue weighted by Crippen LogP contribution is 2.20. The lowest BCUT2D eigenvalue weighted by Gasteiger charge is -2.29. The first kappa shape index (κ1) is 14.5. The fourth-order valence-electron chi connectivity index (χ4n) is 2.45. The zero-order valence-corrected chi connectivity index (χ0v) is 12.5. The number of carbonyl (C=O) groups is 1. The van der Waals surface area contributed by atoms with Crippen LogP contribution in [0.25, 0.3) is 0 Å². The van der Waals surface area contributed by atoms with E-state index in [0.29, 0.717) is 18.0 Å². The zero-order chi connectivity index (χ0) is 13.8. The molecule has 1 amide bonds. The van der Waals surface area contributed by atoms with Crippen LogP contribution in [-0.4, -0.2) is 37.5 Å². The van der Waals surface area contributed by atoms with Crippen LogP contribution in [0.1, 0.15) is 23.2 Å². The van der Waals surface area contributed by atoms with Crippen LogP contribution in [0, 0.1) is 11.7 Å². The Balaban J connectivity index is 1.92. The van der Waals surface area contributed by atoms with Crippen LogP contribution in [0.4, 0.5) is 4.39 Å². The van der Waals surface area contributed by atoms with Crippen molar-refractivity contribution in [1.82, 2.24) is 10.2 Å². The minimum atomic E-state index is -0.412. The average Bonchev–Trinajstić information content (AvgIpc) is 2.39. The molecule has 0 spiro atoms. The van der Waals surface area contributed by atoms with E-state index in [4.69, 9.17) is 0 Å². The summed E-state index contributed by atoms with van der Waals surface area (Å²) in [6, 6.07) is 4.50. The van der Waals surface area contributed by atoms with Gasteiger partial charge in [-0.3, -0.25) is 4.79 Å². The van der Waals surface area contributed by atoms with Crippen LogP contribution in [-0.2, 0) is 0 Å². The van der Waals surface area contributed by atoms with Gasteiger partial charge in [0.2, 0.25) is 0 Å². The van der Waals surface area contributed by atoms with Gasteiger partial charge >= 0.3 is 0 Å². The number of hydrogen-bond acceptors (Lipinski definition) is 2. The molecule has 1 unspecified atom stereocenters. The Morgan fingerprint density at radius 3 is 3.11 bits per heavy atom. The fraction of sp³-hybridized carbons (Fsp3) is 0.500. The summed E-state index contributed by atoms with van der Waals surface area (Å²) >= 11 is 3.11. The number of nitrogens with zero attached hydrogens (tertiary/aromatic N) is 1. The van der Waals surface area contributed by atoms with E-state index in [2.05, 4.69) is 33.2 Å². The van der Waals surface area contributed by atoms with Gasteiger partial charge < -0.3 is 10.2 Å². The second-order valence-corrected chi connectivity index (χ2v) is 5.87. The van der Waals surface area contributed by atoms with E-state index in [0.717, 1.165) is 19.5 Å². The first-order valence-corrected chi connectivity index (χ1v) is 7.28. The quantitative estimate of drug-likeness (QED) is 0.925. The second-order valence-electron chi connectivity index (χ2n) is 5.08. The molecule has 2 rings (SSSR count). The van der Waals surface area contributed by atoms with Crippen molar-refractivity contribution in [3.05, 3.63) is 34.1 Å². The molecule has 1 aliphatic heterocycles. The number of halogens is 2. The van der Waals surface area contributed by atoms with Gasteiger partial charge in [0.05, 0.1) is 10.0 Å². The highest BCUT2D eigenvalue weighted by molar-refractivity contribution is 9.10. The first-order chi connectivity index (χ1) is 9.08. The molecule has 1 fully saturated rings. The Hall–Kier alpha value is -0.940. The van der Waals surface area contributed by atoms with Gasteiger partial charge in [-0.05, 0) is 60.4 Å². The second kappa shape index (κ2) is 6.48. The molecular formula is C14H18BrFN2O. The zero-order valence-electron chi connectivity index (χ0n) is 11.0. The third kappa shape index (κ3) is 3.76. The van der Waals surface area contributed by atoms with E-state index in [-0.39, 0.29) is 10.4 Å². The summed E-state index contributed by atoms with van der Waals surface area (Å²) in [5.41, 5.74) is 0.351. The Labute approximate surface area is 121 Å². The normalized spacial score (nSPS) is 20.3. The van der Waals surface area contributed by atoms with E-state index in [1.165, 1.54) is 12.5 Å². The molecule has 1 atom stereocenters. The van der Waals surface area contributed by atoms with Gasteiger partial charge in [-0.1, -0.05) is 6.07 Å². The van der Waals surface area contributed by atoms with Crippen LogP contribution in [0.3, 0.4) is 0 Å². The number of carbonyl (C=O) groups excluding carboxylic acids is 1. The summed E-state index contributed by atoms with van der Waals surface area (Å²) in [7, 11) is 2.09. The Kier molecular flexibility index (Phi) is 4.93. The number of piperidine rings is 1. The van der Waals surface area contributed by atoms with Crippen molar-refractivity contribution in [2.75, 3.05) is 26.7 Å². The molecule has 19 heavy (non-hydrogen) atoms. The van der Waals surface area contributed by atoms with E-state index < -0.39 is 5.82 Å². The maximum Gasteiger partial charge on any atom is 0.252 e. The van der Waals surface area contributed by atoms with Crippen molar-refractivity contribution >= 4 is 21.8 Å². The fourth-order valence-corrected chi connectivity index (χ4v) is 2.90. The Morgan fingerprint density at radius 2 is 2.37 bits per heavy atom. The van der Waals surface area contributed by atoms with Crippen molar-refractivity contribution in [3.63, 3.8) is 0 Å². The van der Waals surface area contributed by atoms with Gasteiger partial charge in [0, 0.05) is 13.1 Å². The van der Waals surface area contributed by atoms with Crippen LogP contribution in [0.2, 0.25) is 0 Å². The molecule has 3 nitrogen and oxygen atoms in total. The van der Waals surface area contributed by atoms with Crippen LogP contribution in [0.15, 0.2) is 22.7 Å². The molecule has 0 radical (unpaired) electrons. The summed E-state index contributed by atoms with van der Waals surface area (Å²) in [6.45, 7) is 2.77. The summed E-state index contributed by atoms with van der Waals surface area (Å²) in [4.78, 5) is 14.3. The number of amides is 1. The standard InChI is InChI=1S/C14H18BrFN2O/c1-18-7-3-4-10(9-18)8-17-14(19)11-5-2-6-12(16)13(11)15/h2,5-6,10H,3-4,7-9H2,1H3,(H,17,19). The van der Waals surface area contributed by atoms with Gasteiger partial charge in [-0.25, -0.2) is 4.39 Å². The molecular weight excluding hydrogens is 311 g/mol. The van der Waals surface area contributed by atoms with E-state index >= 15 is 0 Å². The van der Waals surface area contributed by atoms with Crippen molar-refractivity contribution in [2.45, 2.75) is 12.8 Å². The van der Waals surface area contributed by atoms with E-state index in [1.807, 2.05) is 0 Å². The Bertz CT molecular complexity index is 467. The first-order valence-electron chi connectivity index (χ1n) is 6.48. The van der Waals surface area contributed by atoms with Gasteiger partial charge in [0.15, 0.2) is 0 Å². The number of hydrogen-bond donors (Lipinski definition) is 1. The number of benzene rings is 1. The molecule has 1 heterocycles. The van der Waals surface area contributed by atoms with Crippen molar-refractivity contribution in [1.29, 1.82) is 0 Å². The largest absolute Gasteiger partial charge is 0.352 e. The lowest BCUT2D eigenvalue weighted by Crippen LogP contribution is -2.39. The highest BCUT2D eigenvalue weighted by Gasteiger charge is 2.19. The van der Waals surface area contributed by atoms with Gasteiger partial charge in [-0.15, -0.1) is 0 Å². The smallest absolute Gasteiger partial charge is 0.252 e. The number of likely N-dealkylation sites (tertiary alicyclic amines) is 1. The number of rotatable bonds is 3. The average molecular weight is 329 g/mol. The van der Waals surface area contributed by atoms with Crippen molar-refractivity contribution in [2.24, 2.45) is 5.92 Å². The summed E-state index contributed by atoms with van der Waals surface area (Å²) in [5.74, 6) is -0.153. The van der Waals surface area contributed by atoms with E-state index in [9.17, 15) is 9.18 Å². The maximum atomic E-state index is 13.4. The monoisotopic (exact) mass is 328 g/mol. The molecule has 1 aromatic rings. The highest BCUT2D eigenvalue weighted by atomic mass is 79.9. The molecule has 104 valence electrons. The van der Waals surface area contributed by atoms with Crippen molar-refractivity contribution < 1.29 is 9.18 Å². The third-order valence-electron chi connectivity index (χ3n) is 3.47. The molecule has 1 aliphatic rings. The van der Waals surface area contributed by atoms with Gasteiger partial charge in [0.1, 0.15) is 5.82 Å². The summed E-state index contributed by atoms with van der Waals surface area (Å²) < 4.78 is 13.6. The molecule has 0 aromatic heterocycles. The van der Waals surface area contributed by atoms with Gasteiger partial charge in [-0.2, -0.15) is 0 Å². The predicted molar refractivity (Wildman–Crippen MR) is 76.7 cm³/mol. The molecule has 1 saturated heterocycles. The summed E-state index contributed by atoms with van der Waals surface area (Å²) in [6.07, 6.45) is 2.30. The van der Waals surface area contributed by atoms with Gasteiger partial charge in [0.25, 0.3) is 5.91 Å². The van der Waals surface area contributed by atoms with Crippen LogP contribution >= 0.6 is 15.9 Å². The lowest BCUT2D eigenvalue weighted by molar-refractivity contribution is 0.0935. The van der Waals surface area contributed by atoms with Crippen LogP contribution < -0.4 is 5.32 Å². The summed E-state index contributed by atoms with van der Waals surface area (Å²) in [5, 5.41) is 2.90. The van der Waals surface area contributed by atoms with Crippen LogP contribution in [0.5, 0.6) is 0 Å². The maximum absolute atomic E-state index is 13.4. The minimum Gasteiger partial charge on any atom is -0.352 e. The topological polar surface area (TPSA) is 32.3 Å². The SMILES string of the molecule is CN1CCCC(CNC(=O)c2cccc(F)c2Br)C1. The predicted octanol–water partition coefficient (Wildman–Crippen LogP) is 2.66. The van der Waals surface area contributed by atoms with E-state index in [1.54, 1.807) is 12.1 Å².